The lowest BCUT2D eigenvalue weighted by atomic mass is 10.0. The van der Waals surface area contributed by atoms with E-state index in [1.54, 1.807) is 24.3 Å². The Hall–Kier alpha value is -2.65. The number of rotatable bonds is 8. The molecule has 3 aromatic carbocycles. The number of thioether (sulfide) groups is 1. The zero-order chi connectivity index (χ0) is 24.1. The van der Waals surface area contributed by atoms with Gasteiger partial charge in [-0.3, -0.25) is 4.79 Å². The molecule has 1 amide bonds. The van der Waals surface area contributed by atoms with Gasteiger partial charge in [0.05, 0.1) is 10.9 Å². The molecule has 3 aromatic rings. The van der Waals surface area contributed by atoms with E-state index in [4.69, 9.17) is 0 Å². The third-order valence-electron chi connectivity index (χ3n) is 5.86. The summed E-state index contributed by atoms with van der Waals surface area (Å²) in [4.78, 5) is 13.3. The van der Waals surface area contributed by atoms with Crippen molar-refractivity contribution in [2.75, 3.05) is 18.9 Å². The average Bonchev–Trinajstić information content (AvgIpc) is 3.36. The number of hydrogen-bond acceptors (Lipinski definition) is 5. The predicted octanol–water partition coefficient (Wildman–Crippen LogP) is 3.97. The normalized spacial score (nSPS) is 17.4. The van der Waals surface area contributed by atoms with Crippen molar-refractivity contribution >= 4 is 27.7 Å². The molecule has 0 saturated carbocycles. The Bertz CT molecular complexity index is 1210. The van der Waals surface area contributed by atoms with Crippen molar-refractivity contribution < 1.29 is 18.3 Å². The van der Waals surface area contributed by atoms with Crippen molar-refractivity contribution in [1.82, 2.24) is 9.62 Å². The Morgan fingerprint density at radius 2 is 1.68 bits per heavy atom. The number of carbonyl (C=O) groups is 1. The summed E-state index contributed by atoms with van der Waals surface area (Å²) in [6.07, 6.45) is 0.347. The molecule has 1 fully saturated rings. The van der Waals surface area contributed by atoms with E-state index in [0.717, 1.165) is 22.3 Å². The number of sulfonamides is 1. The van der Waals surface area contributed by atoms with E-state index in [0.29, 0.717) is 12.2 Å². The zero-order valence-electron chi connectivity index (χ0n) is 18.9. The fraction of sp³-hybridized carbons (Fsp3) is 0.269. The second kappa shape index (κ2) is 10.7. The molecule has 2 N–H and O–H groups in total. The fourth-order valence-electron chi connectivity index (χ4n) is 3.99. The first-order chi connectivity index (χ1) is 16.4. The molecule has 1 aliphatic rings. The van der Waals surface area contributed by atoms with Crippen LogP contribution in [0.2, 0.25) is 0 Å². The van der Waals surface area contributed by atoms with Crippen molar-refractivity contribution in [2.24, 2.45) is 0 Å². The molecule has 0 radical (unpaired) electrons. The smallest absolute Gasteiger partial charge is 0.249 e. The lowest BCUT2D eigenvalue weighted by Crippen LogP contribution is -2.45. The summed E-state index contributed by atoms with van der Waals surface area (Å²) in [5.41, 5.74) is 3.91. The highest BCUT2D eigenvalue weighted by Crippen LogP contribution is 2.32. The van der Waals surface area contributed by atoms with Gasteiger partial charge in [0.25, 0.3) is 0 Å². The van der Waals surface area contributed by atoms with Gasteiger partial charge in [0.1, 0.15) is 5.37 Å². The van der Waals surface area contributed by atoms with Crippen LogP contribution < -0.4 is 5.32 Å². The number of carbonyl (C=O) groups excluding carboxylic acids is 1. The highest BCUT2D eigenvalue weighted by molar-refractivity contribution is 8.02. The molecule has 0 aromatic heterocycles. The molecule has 34 heavy (non-hydrogen) atoms. The van der Waals surface area contributed by atoms with Gasteiger partial charge in [-0.15, -0.1) is 11.8 Å². The molecule has 2 atom stereocenters. The maximum Gasteiger partial charge on any atom is 0.249 e. The molecule has 1 heterocycles. The van der Waals surface area contributed by atoms with Crippen LogP contribution in [0.25, 0.3) is 11.1 Å². The van der Waals surface area contributed by atoms with Gasteiger partial charge >= 0.3 is 0 Å². The highest BCUT2D eigenvalue weighted by Gasteiger charge is 2.40. The van der Waals surface area contributed by atoms with Crippen molar-refractivity contribution in [2.45, 2.75) is 29.7 Å². The van der Waals surface area contributed by atoms with Gasteiger partial charge in [0, 0.05) is 18.9 Å². The van der Waals surface area contributed by atoms with Gasteiger partial charge < -0.3 is 10.4 Å². The van der Waals surface area contributed by atoms with Crippen molar-refractivity contribution in [3.05, 3.63) is 90.0 Å². The number of aliphatic hydroxyl groups is 1. The third-order valence-corrected chi connectivity index (χ3v) is 9.07. The molecule has 178 valence electrons. The lowest BCUT2D eigenvalue weighted by molar-refractivity contribution is -0.123. The first kappa shape index (κ1) is 24.5. The largest absolute Gasteiger partial charge is 0.396 e. The van der Waals surface area contributed by atoms with Crippen LogP contribution in [-0.4, -0.2) is 48.0 Å². The highest BCUT2D eigenvalue weighted by atomic mass is 32.2. The minimum Gasteiger partial charge on any atom is -0.396 e. The van der Waals surface area contributed by atoms with Crippen LogP contribution in [-0.2, 0) is 14.8 Å². The van der Waals surface area contributed by atoms with Crippen LogP contribution in [0.1, 0.15) is 23.6 Å². The van der Waals surface area contributed by atoms with Crippen molar-refractivity contribution in [3.63, 3.8) is 0 Å². The molecular weight excluding hydrogens is 468 g/mol. The Morgan fingerprint density at radius 1 is 1.03 bits per heavy atom. The van der Waals surface area contributed by atoms with Gasteiger partial charge in [0.15, 0.2) is 0 Å². The first-order valence-corrected chi connectivity index (χ1v) is 13.7. The number of aliphatic hydroxyl groups excluding tert-OH is 1. The van der Waals surface area contributed by atoms with Gasteiger partial charge in [0.2, 0.25) is 15.9 Å². The van der Waals surface area contributed by atoms with Gasteiger partial charge in [-0.25, -0.2) is 8.42 Å². The van der Waals surface area contributed by atoms with Crippen molar-refractivity contribution in [3.8, 4) is 11.1 Å². The molecule has 6 nitrogen and oxygen atoms in total. The van der Waals surface area contributed by atoms with Gasteiger partial charge in [-0.05, 0) is 42.2 Å². The maximum atomic E-state index is 13.4. The Labute approximate surface area is 205 Å². The van der Waals surface area contributed by atoms with Crippen LogP contribution in [0.15, 0.2) is 83.8 Å². The van der Waals surface area contributed by atoms with E-state index in [2.05, 4.69) is 5.32 Å². The van der Waals surface area contributed by atoms with Crippen LogP contribution in [0.3, 0.4) is 0 Å². The number of aryl methyl sites for hydroxylation is 1. The summed E-state index contributed by atoms with van der Waals surface area (Å²) in [6, 6.07) is 23.8. The molecule has 2 unspecified atom stereocenters. The molecular formula is C26H28N2O4S2. The standard InChI is InChI=1S/C26H28N2O4S2/c1-19-7-9-22(10-8-19)24(15-17-29)27-25(30)26-28(16-18-33-26)34(31,32)23-13-11-21(12-14-23)20-5-3-2-4-6-20/h2-14,24,26,29H,15-18H2,1H3,(H,27,30). The maximum absolute atomic E-state index is 13.4. The Morgan fingerprint density at radius 3 is 2.32 bits per heavy atom. The predicted molar refractivity (Wildman–Crippen MR) is 136 cm³/mol. The van der Waals surface area contributed by atoms with E-state index >= 15 is 0 Å². The second-order valence-corrected chi connectivity index (χ2v) is 11.3. The second-order valence-electron chi connectivity index (χ2n) is 8.21. The Kier molecular flexibility index (Phi) is 7.73. The van der Waals surface area contributed by atoms with Crippen LogP contribution in [0.5, 0.6) is 0 Å². The third kappa shape index (κ3) is 5.36. The first-order valence-electron chi connectivity index (χ1n) is 11.2. The van der Waals surface area contributed by atoms with Crippen LogP contribution >= 0.6 is 11.8 Å². The number of benzene rings is 3. The minimum atomic E-state index is -3.85. The van der Waals surface area contributed by atoms with Gasteiger partial charge in [-0.1, -0.05) is 72.3 Å². The van der Waals surface area contributed by atoms with E-state index < -0.39 is 21.4 Å². The summed E-state index contributed by atoms with van der Waals surface area (Å²) < 4.78 is 28.1. The van der Waals surface area contributed by atoms with Crippen LogP contribution in [0, 0.1) is 6.92 Å². The fourth-order valence-corrected chi connectivity index (χ4v) is 7.07. The number of hydrogen-bond donors (Lipinski definition) is 2. The lowest BCUT2D eigenvalue weighted by Gasteiger charge is -2.25. The van der Waals surface area contributed by atoms with Crippen molar-refractivity contribution in [1.29, 1.82) is 0 Å². The zero-order valence-corrected chi connectivity index (χ0v) is 20.6. The number of nitrogens with zero attached hydrogens (tertiary/aromatic N) is 1. The molecule has 8 heteroatoms. The van der Waals surface area contributed by atoms with E-state index in [1.807, 2.05) is 61.5 Å². The molecule has 4 rings (SSSR count). The van der Waals surface area contributed by atoms with E-state index in [-0.39, 0.29) is 24.0 Å². The average molecular weight is 497 g/mol. The number of amides is 1. The molecule has 0 aliphatic carbocycles. The molecule has 0 spiro atoms. The SMILES string of the molecule is Cc1ccc(C(CCO)NC(=O)C2SCCN2S(=O)(=O)c2ccc(-c3ccccc3)cc2)cc1. The Balaban J connectivity index is 1.52. The van der Waals surface area contributed by atoms with Gasteiger partial charge in [-0.2, -0.15) is 4.31 Å². The quantitative estimate of drug-likeness (QED) is 0.493. The summed E-state index contributed by atoms with van der Waals surface area (Å²) in [7, 11) is -3.85. The van der Waals surface area contributed by atoms with Crippen LogP contribution in [0.4, 0.5) is 0 Å². The molecule has 1 saturated heterocycles. The molecule has 0 bridgehead atoms. The minimum absolute atomic E-state index is 0.0909. The summed E-state index contributed by atoms with van der Waals surface area (Å²) >= 11 is 1.31. The van der Waals surface area contributed by atoms with E-state index in [9.17, 15) is 18.3 Å². The topological polar surface area (TPSA) is 86.7 Å². The number of nitrogens with one attached hydrogen (secondary N) is 1. The summed E-state index contributed by atoms with van der Waals surface area (Å²) in [5.74, 6) is 0.167. The monoisotopic (exact) mass is 496 g/mol. The summed E-state index contributed by atoms with van der Waals surface area (Å²) in [5, 5.41) is 11.6. The molecule has 1 aliphatic heterocycles. The summed E-state index contributed by atoms with van der Waals surface area (Å²) in [6.45, 7) is 2.15. The van der Waals surface area contributed by atoms with E-state index in [1.165, 1.54) is 16.1 Å².